The van der Waals surface area contributed by atoms with Crippen LogP contribution >= 0.6 is 11.6 Å². The van der Waals surface area contributed by atoms with Gasteiger partial charge in [-0.05, 0) is 25.5 Å². The highest BCUT2D eigenvalue weighted by atomic mass is 35.5. The lowest BCUT2D eigenvalue weighted by Crippen LogP contribution is -2.28. The van der Waals surface area contributed by atoms with Gasteiger partial charge < -0.3 is 14.6 Å². The van der Waals surface area contributed by atoms with Crippen molar-refractivity contribution >= 4 is 39.5 Å². The van der Waals surface area contributed by atoms with Crippen molar-refractivity contribution in [3.05, 3.63) is 75.2 Å². The monoisotopic (exact) mass is 424 g/mol. The fraction of sp³-hybridized carbons (Fsp3) is 0.227. The maximum absolute atomic E-state index is 13.0. The van der Waals surface area contributed by atoms with Crippen molar-refractivity contribution in [2.45, 2.75) is 26.5 Å². The first-order chi connectivity index (χ1) is 14.6. The molecule has 7 nitrogen and oxygen atoms in total. The molecule has 0 fully saturated rings. The van der Waals surface area contributed by atoms with Crippen LogP contribution in [0.25, 0.3) is 21.8 Å². The van der Waals surface area contributed by atoms with Gasteiger partial charge in [0.1, 0.15) is 12.1 Å². The van der Waals surface area contributed by atoms with Crippen LogP contribution in [0, 0.1) is 6.92 Å². The summed E-state index contributed by atoms with van der Waals surface area (Å²) >= 11 is 6.06. The molecule has 0 saturated heterocycles. The van der Waals surface area contributed by atoms with Gasteiger partial charge in [0.05, 0.1) is 10.9 Å². The summed E-state index contributed by atoms with van der Waals surface area (Å²) in [5, 5.41) is 12.0. The summed E-state index contributed by atoms with van der Waals surface area (Å²) in [4.78, 5) is 25.0. The third-order valence-electron chi connectivity index (χ3n) is 5.00. The third-order valence-corrected chi connectivity index (χ3v) is 5.37. The maximum atomic E-state index is 13.0. The van der Waals surface area contributed by atoms with Crippen LogP contribution in [0.15, 0.2) is 53.3 Å². The summed E-state index contributed by atoms with van der Waals surface area (Å²) in [5.41, 5.74) is 2.91. The number of carbonyl (C=O) groups is 1. The molecule has 154 valence electrons. The van der Waals surface area contributed by atoms with E-state index < -0.39 is 6.09 Å². The quantitative estimate of drug-likeness (QED) is 0.455. The van der Waals surface area contributed by atoms with Gasteiger partial charge in [-0.1, -0.05) is 48.0 Å². The minimum Gasteiger partial charge on any atom is -0.445 e. The zero-order valence-corrected chi connectivity index (χ0v) is 17.2. The van der Waals surface area contributed by atoms with Crippen LogP contribution < -0.4 is 10.9 Å². The number of aromatic nitrogens is 3. The van der Waals surface area contributed by atoms with Gasteiger partial charge in [-0.3, -0.25) is 9.89 Å². The van der Waals surface area contributed by atoms with Crippen molar-refractivity contribution in [3.63, 3.8) is 0 Å². The molecule has 0 spiro atoms. The molecule has 30 heavy (non-hydrogen) atoms. The fourth-order valence-electron chi connectivity index (χ4n) is 3.50. The second kappa shape index (κ2) is 8.59. The first-order valence-electron chi connectivity index (χ1n) is 9.66. The Morgan fingerprint density at radius 2 is 1.97 bits per heavy atom. The van der Waals surface area contributed by atoms with Crippen LogP contribution in [0.4, 0.5) is 4.79 Å². The molecule has 0 aliphatic carbocycles. The molecule has 0 radical (unpaired) electrons. The Labute approximate surface area is 177 Å². The van der Waals surface area contributed by atoms with Crippen molar-refractivity contribution in [2.75, 3.05) is 6.54 Å². The highest BCUT2D eigenvalue weighted by molar-refractivity contribution is 6.31. The predicted molar refractivity (Wildman–Crippen MR) is 117 cm³/mol. The first-order valence-corrected chi connectivity index (χ1v) is 10.0. The van der Waals surface area contributed by atoms with Gasteiger partial charge in [-0.2, -0.15) is 5.10 Å². The van der Waals surface area contributed by atoms with Crippen molar-refractivity contribution in [1.29, 1.82) is 0 Å². The number of para-hydroxylation sites is 1. The first kappa shape index (κ1) is 20.0. The number of carbonyl (C=O) groups excluding carboxylic acids is 1. The van der Waals surface area contributed by atoms with Gasteiger partial charge in [0.25, 0.3) is 5.56 Å². The lowest BCUT2D eigenvalue weighted by molar-refractivity contribution is 0.139. The Bertz CT molecular complexity index is 1280. The summed E-state index contributed by atoms with van der Waals surface area (Å²) in [7, 11) is 0. The smallest absolute Gasteiger partial charge is 0.407 e. The number of rotatable bonds is 6. The molecular weight excluding hydrogens is 404 g/mol. The highest BCUT2D eigenvalue weighted by Gasteiger charge is 2.14. The number of pyridine rings is 1. The molecule has 4 rings (SSSR count). The van der Waals surface area contributed by atoms with Gasteiger partial charge in [0.15, 0.2) is 0 Å². The van der Waals surface area contributed by atoms with Crippen molar-refractivity contribution in [3.8, 4) is 0 Å². The third kappa shape index (κ3) is 3.89. The number of nitrogens with one attached hydrogen (secondary N) is 2. The lowest BCUT2D eigenvalue weighted by Gasteiger charge is -2.12. The molecule has 4 aromatic rings. The standard InChI is InChI=1S/C22H21ClN4O3/c1-14-19-20(26-25-14)16-8-3-5-10-18(16)27(21(19)28)12-6-11-24-22(29)30-13-15-7-2-4-9-17(15)23/h2-5,7-10H,6,11-13H2,1H3,(H,24,29)(H,25,26). The van der Waals surface area contributed by atoms with E-state index in [0.29, 0.717) is 35.4 Å². The van der Waals surface area contributed by atoms with Crippen molar-refractivity contribution in [1.82, 2.24) is 20.1 Å². The van der Waals surface area contributed by atoms with Crippen LogP contribution in [-0.4, -0.2) is 27.4 Å². The largest absolute Gasteiger partial charge is 0.445 e. The van der Waals surface area contributed by atoms with E-state index in [-0.39, 0.29) is 12.2 Å². The second-order valence-electron chi connectivity index (χ2n) is 6.99. The van der Waals surface area contributed by atoms with E-state index in [1.807, 2.05) is 43.3 Å². The molecule has 0 bridgehead atoms. The number of hydrogen-bond donors (Lipinski definition) is 2. The topological polar surface area (TPSA) is 89.0 Å². The highest BCUT2D eigenvalue weighted by Crippen LogP contribution is 2.22. The van der Waals surface area contributed by atoms with Gasteiger partial charge >= 0.3 is 6.09 Å². The molecule has 8 heteroatoms. The number of hydrogen-bond acceptors (Lipinski definition) is 4. The molecular formula is C22H21ClN4O3. The Morgan fingerprint density at radius 1 is 1.20 bits per heavy atom. The molecule has 0 unspecified atom stereocenters. The summed E-state index contributed by atoms with van der Waals surface area (Å²) in [6.07, 6.45) is 0.0568. The zero-order chi connectivity index (χ0) is 21.1. The fourth-order valence-corrected chi connectivity index (χ4v) is 3.69. The van der Waals surface area contributed by atoms with Crippen molar-refractivity contribution in [2.24, 2.45) is 0 Å². The number of H-pyrrole nitrogens is 1. The van der Waals surface area contributed by atoms with E-state index >= 15 is 0 Å². The Kier molecular flexibility index (Phi) is 5.72. The van der Waals surface area contributed by atoms with Crippen LogP contribution in [-0.2, 0) is 17.9 Å². The van der Waals surface area contributed by atoms with Crippen LogP contribution in [0.2, 0.25) is 5.02 Å². The predicted octanol–water partition coefficient (Wildman–Crippen LogP) is 4.16. The van der Waals surface area contributed by atoms with Gasteiger partial charge in [0.2, 0.25) is 0 Å². The molecule has 2 heterocycles. The van der Waals surface area contributed by atoms with E-state index in [2.05, 4.69) is 15.5 Å². The number of nitrogens with zero attached hydrogens (tertiary/aromatic N) is 2. The average molecular weight is 425 g/mol. The number of ether oxygens (including phenoxy) is 1. The number of fused-ring (bicyclic) bond motifs is 3. The average Bonchev–Trinajstić information content (AvgIpc) is 3.14. The number of amides is 1. The Morgan fingerprint density at radius 3 is 2.80 bits per heavy atom. The number of halogens is 1. The Hall–Kier alpha value is -3.32. The van der Waals surface area contributed by atoms with E-state index in [0.717, 1.165) is 22.2 Å². The molecule has 2 aromatic carbocycles. The van der Waals surface area contributed by atoms with Gasteiger partial charge in [-0.25, -0.2) is 4.79 Å². The molecule has 0 atom stereocenters. The summed E-state index contributed by atoms with van der Waals surface area (Å²) < 4.78 is 6.94. The van der Waals surface area contributed by atoms with E-state index in [4.69, 9.17) is 16.3 Å². The van der Waals surface area contributed by atoms with Crippen LogP contribution in [0.3, 0.4) is 0 Å². The lowest BCUT2D eigenvalue weighted by atomic mass is 10.1. The van der Waals surface area contributed by atoms with E-state index in [9.17, 15) is 9.59 Å². The van der Waals surface area contributed by atoms with Crippen LogP contribution in [0.1, 0.15) is 17.7 Å². The summed E-state index contributed by atoms with van der Waals surface area (Å²) in [6.45, 7) is 2.79. The van der Waals surface area contributed by atoms with Crippen molar-refractivity contribution < 1.29 is 9.53 Å². The molecule has 0 saturated carbocycles. The Balaban J connectivity index is 1.41. The molecule has 0 aliphatic rings. The minimum absolute atomic E-state index is 0.0868. The normalized spacial score (nSPS) is 11.1. The van der Waals surface area contributed by atoms with Gasteiger partial charge in [-0.15, -0.1) is 0 Å². The van der Waals surface area contributed by atoms with E-state index in [1.165, 1.54) is 0 Å². The second-order valence-corrected chi connectivity index (χ2v) is 7.40. The van der Waals surface area contributed by atoms with Crippen LogP contribution in [0.5, 0.6) is 0 Å². The minimum atomic E-state index is -0.520. The SMILES string of the molecule is Cc1[nH]nc2c1c(=O)n(CCCNC(=O)OCc1ccccc1Cl)c1ccccc21. The zero-order valence-electron chi connectivity index (χ0n) is 16.4. The molecule has 2 N–H and O–H groups in total. The number of aromatic amines is 1. The number of alkyl carbamates (subject to hydrolysis) is 1. The number of benzene rings is 2. The summed E-state index contributed by atoms with van der Waals surface area (Å²) in [5.74, 6) is 0. The molecule has 2 aromatic heterocycles. The molecule has 0 aliphatic heterocycles. The number of aryl methyl sites for hydroxylation is 2. The maximum Gasteiger partial charge on any atom is 0.407 e. The van der Waals surface area contributed by atoms with E-state index in [1.54, 1.807) is 16.7 Å². The molecule has 1 amide bonds. The van der Waals surface area contributed by atoms with Gasteiger partial charge in [0, 0.05) is 34.8 Å². The summed E-state index contributed by atoms with van der Waals surface area (Å²) in [6, 6.07) is 14.9.